The molecule has 0 bridgehead atoms. The van der Waals surface area contributed by atoms with Gasteiger partial charge in [-0.2, -0.15) is 0 Å². The number of carbonyl (C=O) groups is 2. The fourth-order valence-electron chi connectivity index (χ4n) is 4.57. The maximum atomic E-state index is 13.3. The lowest BCUT2D eigenvalue weighted by Gasteiger charge is -2.33. The molecule has 188 valence electrons. The summed E-state index contributed by atoms with van der Waals surface area (Å²) in [6, 6.07) is 10.5. The van der Waals surface area contributed by atoms with Crippen molar-refractivity contribution in [2.24, 2.45) is 5.92 Å². The number of rotatable bonds is 8. The van der Waals surface area contributed by atoms with Gasteiger partial charge in [-0.1, -0.05) is 6.92 Å². The number of hydrogen-bond acceptors (Lipinski definition) is 6. The fraction of sp³-hybridized carbons (Fsp3) is 0.481. The average molecular weight is 482 g/mol. The molecule has 2 heterocycles. The van der Waals surface area contributed by atoms with Crippen LogP contribution < -0.4 is 25.0 Å². The predicted octanol–water partition coefficient (Wildman–Crippen LogP) is 4.10. The molecule has 1 atom stereocenters. The molecule has 8 nitrogen and oxygen atoms in total. The predicted molar refractivity (Wildman–Crippen MR) is 136 cm³/mol. The van der Waals surface area contributed by atoms with Crippen LogP contribution in [0.1, 0.15) is 53.3 Å². The zero-order valence-electron chi connectivity index (χ0n) is 20.8. The van der Waals surface area contributed by atoms with Crippen LogP contribution in [-0.4, -0.2) is 58.4 Å². The lowest BCUT2D eigenvalue weighted by molar-refractivity contribution is 0.0858. The second-order valence-corrected chi connectivity index (χ2v) is 9.30. The van der Waals surface area contributed by atoms with E-state index in [0.29, 0.717) is 40.8 Å². The number of piperidine rings is 1. The third kappa shape index (κ3) is 6.25. The van der Waals surface area contributed by atoms with Crippen LogP contribution in [-0.2, 0) is 4.74 Å². The van der Waals surface area contributed by atoms with Gasteiger partial charge >= 0.3 is 0 Å². The standard InChI is InChI=1S/C27H35N3O5/c1-18-8-10-30(11-9-18)25-7-6-20(15-24(25)27(32)28-17-21-5-4-12-35-21)29-26(31)19-13-22(33-2)16-23(14-19)34-3/h6-7,13-16,18,21H,4-5,8-12,17H2,1-3H3,(H,28,32)(H,29,31). The van der Waals surface area contributed by atoms with Gasteiger partial charge < -0.3 is 29.7 Å². The molecule has 0 radical (unpaired) electrons. The Bertz CT molecular complexity index is 1020. The van der Waals surface area contributed by atoms with Crippen molar-refractivity contribution in [2.75, 3.05) is 50.7 Å². The van der Waals surface area contributed by atoms with Crippen LogP contribution in [0.3, 0.4) is 0 Å². The molecule has 2 N–H and O–H groups in total. The molecule has 8 heteroatoms. The van der Waals surface area contributed by atoms with E-state index in [9.17, 15) is 9.59 Å². The second-order valence-electron chi connectivity index (χ2n) is 9.30. The number of nitrogens with one attached hydrogen (secondary N) is 2. The number of ether oxygens (including phenoxy) is 3. The first kappa shape index (κ1) is 24.9. The van der Waals surface area contributed by atoms with Gasteiger partial charge in [-0.05, 0) is 61.9 Å². The summed E-state index contributed by atoms with van der Waals surface area (Å²) in [6.07, 6.45) is 4.22. The highest BCUT2D eigenvalue weighted by atomic mass is 16.5. The number of amides is 2. The van der Waals surface area contributed by atoms with Gasteiger partial charge in [-0.15, -0.1) is 0 Å². The third-order valence-electron chi connectivity index (χ3n) is 6.75. The summed E-state index contributed by atoms with van der Waals surface area (Å²) in [4.78, 5) is 28.5. The van der Waals surface area contributed by atoms with Crippen LogP contribution in [0.5, 0.6) is 11.5 Å². The maximum absolute atomic E-state index is 13.3. The van der Waals surface area contributed by atoms with E-state index in [0.717, 1.165) is 51.1 Å². The van der Waals surface area contributed by atoms with Gasteiger partial charge in [0.05, 0.1) is 25.9 Å². The smallest absolute Gasteiger partial charge is 0.255 e. The zero-order chi connectivity index (χ0) is 24.8. The average Bonchev–Trinajstić information content (AvgIpc) is 3.41. The first-order valence-corrected chi connectivity index (χ1v) is 12.3. The van der Waals surface area contributed by atoms with Gasteiger partial charge in [0.1, 0.15) is 11.5 Å². The number of benzene rings is 2. The van der Waals surface area contributed by atoms with Crippen LogP contribution >= 0.6 is 0 Å². The molecular weight excluding hydrogens is 446 g/mol. The van der Waals surface area contributed by atoms with Gasteiger partial charge in [0.15, 0.2) is 0 Å². The Morgan fingerprint density at radius 1 is 1.00 bits per heavy atom. The molecule has 0 spiro atoms. The van der Waals surface area contributed by atoms with Crippen LogP contribution in [0, 0.1) is 5.92 Å². The molecule has 35 heavy (non-hydrogen) atoms. The fourth-order valence-corrected chi connectivity index (χ4v) is 4.57. The number of carbonyl (C=O) groups excluding carboxylic acids is 2. The first-order chi connectivity index (χ1) is 17.0. The van der Waals surface area contributed by atoms with E-state index < -0.39 is 0 Å². The van der Waals surface area contributed by atoms with E-state index in [1.165, 1.54) is 14.2 Å². The molecule has 2 saturated heterocycles. The van der Waals surface area contributed by atoms with Crippen molar-refractivity contribution in [3.05, 3.63) is 47.5 Å². The number of hydrogen-bond donors (Lipinski definition) is 2. The summed E-state index contributed by atoms with van der Waals surface area (Å²) < 4.78 is 16.2. The minimum atomic E-state index is -0.313. The monoisotopic (exact) mass is 481 g/mol. The minimum absolute atomic E-state index is 0.0594. The Kier molecular flexibility index (Phi) is 8.13. The Morgan fingerprint density at radius 3 is 2.34 bits per heavy atom. The highest BCUT2D eigenvalue weighted by molar-refractivity contribution is 6.06. The van der Waals surface area contributed by atoms with Gasteiger partial charge in [0, 0.05) is 49.2 Å². The summed E-state index contributed by atoms with van der Waals surface area (Å²) in [7, 11) is 3.08. The van der Waals surface area contributed by atoms with Crippen molar-refractivity contribution in [3.8, 4) is 11.5 Å². The molecule has 1 unspecified atom stereocenters. The van der Waals surface area contributed by atoms with Crippen LogP contribution in [0.2, 0.25) is 0 Å². The van der Waals surface area contributed by atoms with Crippen molar-refractivity contribution in [1.29, 1.82) is 0 Å². The molecule has 0 saturated carbocycles. The highest BCUT2D eigenvalue weighted by Crippen LogP contribution is 2.30. The normalized spacial score (nSPS) is 18.3. The maximum Gasteiger partial charge on any atom is 0.255 e. The molecule has 2 aliphatic rings. The third-order valence-corrected chi connectivity index (χ3v) is 6.75. The van der Waals surface area contributed by atoms with Crippen molar-refractivity contribution >= 4 is 23.2 Å². The van der Waals surface area contributed by atoms with Gasteiger partial charge in [0.2, 0.25) is 0 Å². The second kappa shape index (κ2) is 11.4. The Hall–Kier alpha value is -3.26. The van der Waals surface area contributed by atoms with E-state index in [1.54, 1.807) is 24.3 Å². The Labute approximate surface area is 206 Å². The lowest BCUT2D eigenvalue weighted by Crippen LogP contribution is -2.36. The van der Waals surface area contributed by atoms with Gasteiger partial charge in [-0.25, -0.2) is 0 Å². The van der Waals surface area contributed by atoms with E-state index in [-0.39, 0.29) is 17.9 Å². The van der Waals surface area contributed by atoms with Crippen molar-refractivity contribution in [2.45, 2.75) is 38.7 Å². The molecule has 2 aromatic rings. The summed E-state index contributed by atoms with van der Waals surface area (Å²) in [5, 5.41) is 5.95. The molecule has 2 aromatic carbocycles. The summed E-state index contributed by atoms with van der Waals surface area (Å²) >= 11 is 0. The van der Waals surface area contributed by atoms with Crippen molar-refractivity contribution in [3.63, 3.8) is 0 Å². The summed E-state index contributed by atoms with van der Waals surface area (Å²) in [5.41, 5.74) is 2.40. The molecule has 0 aromatic heterocycles. The van der Waals surface area contributed by atoms with Gasteiger partial charge in [-0.3, -0.25) is 9.59 Å². The lowest BCUT2D eigenvalue weighted by atomic mass is 9.97. The quantitative estimate of drug-likeness (QED) is 0.590. The van der Waals surface area contributed by atoms with Crippen LogP contribution in [0.15, 0.2) is 36.4 Å². The van der Waals surface area contributed by atoms with E-state index in [1.807, 2.05) is 12.1 Å². The number of nitrogens with zero attached hydrogens (tertiary/aromatic N) is 1. The molecule has 2 fully saturated rings. The first-order valence-electron chi connectivity index (χ1n) is 12.3. The highest BCUT2D eigenvalue weighted by Gasteiger charge is 2.23. The van der Waals surface area contributed by atoms with Crippen molar-refractivity contribution in [1.82, 2.24) is 5.32 Å². The van der Waals surface area contributed by atoms with Crippen molar-refractivity contribution < 1.29 is 23.8 Å². The molecule has 4 rings (SSSR count). The summed E-state index contributed by atoms with van der Waals surface area (Å²) in [6.45, 7) is 5.30. The van der Waals surface area contributed by atoms with Crippen LogP contribution in [0.4, 0.5) is 11.4 Å². The minimum Gasteiger partial charge on any atom is -0.497 e. The zero-order valence-corrected chi connectivity index (χ0v) is 20.8. The number of anilines is 2. The van der Waals surface area contributed by atoms with E-state index in [4.69, 9.17) is 14.2 Å². The molecule has 2 amide bonds. The molecular formula is C27H35N3O5. The Morgan fingerprint density at radius 2 is 1.71 bits per heavy atom. The van der Waals surface area contributed by atoms with E-state index in [2.05, 4.69) is 22.5 Å². The Balaban J connectivity index is 1.56. The molecule has 2 aliphatic heterocycles. The SMILES string of the molecule is COc1cc(OC)cc(C(=O)Nc2ccc(N3CCC(C)CC3)c(C(=O)NCC3CCCO3)c2)c1. The largest absolute Gasteiger partial charge is 0.497 e. The van der Waals surface area contributed by atoms with Crippen LogP contribution in [0.25, 0.3) is 0 Å². The van der Waals surface area contributed by atoms with Gasteiger partial charge in [0.25, 0.3) is 11.8 Å². The topological polar surface area (TPSA) is 89.1 Å². The van der Waals surface area contributed by atoms with E-state index >= 15 is 0 Å². The molecule has 0 aliphatic carbocycles. The summed E-state index contributed by atoms with van der Waals surface area (Å²) in [5.74, 6) is 1.26. The number of methoxy groups -OCH3 is 2.